The van der Waals surface area contributed by atoms with Crippen LogP contribution in [0.4, 0.5) is 4.39 Å². The Kier molecular flexibility index (Phi) is 4.65. The highest BCUT2D eigenvalue weighted by molar-refractivity contribution is 7.89. The van der Waals surface area contributed by atoms with Gasteiger partial charge in [0, 0.05) is 5.41 Å². The number of para-hydroxylation sites is 1. The summed E-state index contributed by atoms with van der Waals surface area (Å²) in [5.41, 5.74) is -0.492. The van der Waals surface area contributed by atoms with Crippen molar-refractivity contribution in [3.8, 4) is 5.75 Å². The van der Waals surface area contributed by atoms with Crippen molar-refractivity contribution in [3.63, 3.8) is 0 Å². The first-order valence-electron chi connectivity index (χ1n) is 6.78. The first kappa shape index (κ1) is 15.3. The maximum Gasteiger partial charge on any atom is 0.209 e. The van der Waals surface area contributed by atoms with Gasteiger partial charge in [0.2, 0.25) is 10.0 Å². The normalized spacial score (nSPS) is 18.7. The van der Waals surface area contributed by atoms with E-state index in [1.54, 1.807) is 18.2 Å². The monoisotopic (exact) mass is 301 g/mol. The molecule has 1 fully saturated rings. The van der Waals surface area contributed by atoms with Gasteiger partial charge in [0.1, 0.15) is 0 Å². The largest absolute Gasteiger partial charge is 0.490 e. The fourth-order valence-electron chi connectivity index (χ4n) is 2.85. The molecule has 6 heteroatoms. The molecule has 0 bridgehead atoms. The number of rotatable bonds is 5. The lowest BCUT2D eigenvalue weighted by Gasteiger charge is -2.36. The summed E-state index contributed by atoms with van der Waals surface area (Å²) in [6.07, 6.45) is 4.49. The zero-order valence-electron chi connectivity index (χ0n) is 11.3. The van der Waals surface area contributed by atoms with E-state index in [0.29, 0.717) is 0 Å². The number of hydrogen-bond acceptors (Lipinski definition) is 3. The van der Waals surface area contributed by atoms with Gasteiger partial charge in [0.25, 0.3) is 0 Å². The highest BCUT2D eigenvalue weighted by Crippen LogP contribution is 2.38. The highest BCUT2D eigenvalue weighted by atomic mass is 32.2. The second-order valence-corrected chi connectivity index (χ2v) is 7.20. The molecule has 112 valence electrons. The Hall–Kier alpha value is -1.14. The lowest BCUT2D eigenvalue weighted by atomic mass is 9.76. The van der Waals surface area contributed by atoms with E-state index in [4.69, 9.17) is 9.88 Å². The Labute approximate surface area is 119 Å². The molecule has 0 aliphatic heterocycles. The molecule has 1 aliphatic rings. The maximum absolute atomic E-state index is 13.5. The average molecular weight is 301 g/mol. The molecule has 0 atom stereocenters. The molecule has 0 amide bonds. The number of benzene rings is 1. The van der Waals surface area contributed by atoms with Gasteiger partial charge in [-0.05, 0) is 25.0 Å². The third kappa shape index (κ3) is 4.18. The molecular formula is C14H20FNO3S. The summed E-state index contributed by atoms with van der Waals surface area (Å²) >= 11 is 0. The van der Waals surface area contributed by atoms with Crippen LogP contribution in [0, 0.1) is 11.2 Å². The quantitative estimate of drug-likeness (QED) is 0.908. The molecule has 0 radical (unpaired) electrons. The number of hydrogen-bond donors (Lipinski definition) is 1. The fourth-order valence-corrected chi connectivity index (χ4v) is 4.08. The van der Waals surface area contributed by atoms with Crippen LogP contribution in [-0.4, -0.2) is 20.8 Å². The minimum atomic E-state index is -3.57. The summed E-state index contributed by atoms with van der Waals surface area (Å²) in [7, 11) is -3.57. The molecule has 0 spiro atoms. The van der Waals surface area contributed by atoms with Gasteiger partial charge in [0.05, 0.1) is 12.4 Å². The standard InChI is InChI=1S/C14H20FNO3S/c15-12-6-2-3-7-13(12)19-10-14(11-20(16,17)18)8-4-1-5-9-14/h2-3,6-7H,1,4-5,8-11H2,(H2,16,17,18). The van der Waals surface area contributed by atoms with Crippen molar-refractivity contribution in [3.05, 3.63) is 30.1 Å². The fraction of sp³-hybridized carbons (Fsp3) is 0.571. The summed E-state index contributed by atoms with van der Waals surface area (Å²) in [4.78, 5) is 0. The van der Waals surface area contributed by atoms with E-state index >= 15 is 0 Å². The van der Waals surface area contributed by atoms with Crippen molar-refractivity contribution in [1.82, 2.24) is 0 Å². The molecule has 1 saturated carbocycles. The molecule has 0 unspecified atom stereocenters. The summed E-state index contributed by atoms with van der Waals surface area (Å²) in [5, 5.41) is 5.19. The van der Waals surface area contributed by atoms with Gasteiger partial charge in [0.15, 0.2) is 11.6 Å². The zero-order chi connectivity index (χ0) is 14.6. The van der Waals surface area contributed by atoms with Crippen LogP contribution in [0.5, 0.6) is 5.75 Å². The Bertz CT molecular complexity index is 553. The van der Waals surface area contributed by atoms with Crippen molar-refractivity contribution in [2.24, 2.45) is 10.6 Å². The van der Waals surface area contributed by atoms with Crippen LogP contribution in [-0.2, 0) is 10.0 Å². The van der Waals surface area contributed by atoms with Crippen LogP contribution in [0.2, 0.25) is 0 Å². The summed E-state index contributed by atoms with van der Waals surface area (Å²) in [5.74, 6) is -0.380. The lowest BCUT2D eigenvalue weighted by Crippen LogP contribution is -2.40. The predicted octanol–water partition coefficient (Wildman–Crippen LogP) is 2.44. The Balaban J connectivity index is 2.10. The third-order valence-corrected chi connectivity index (χ3v) is 4.81. The van der Waals surface area contributed by atoms with Gasteiger partial charge < -0.3 is 4.74 Å². The second kappa shape index (κ2) is 6.10. The number of halogens is 1. The predicted molar refractivity (Wildman–Crippen MR) is 75.4 cm³/mol. The molecule has 1 aliphatic carbocycles. The van der Waals surface area contributed by atoms with Gasteiger partial charge in [-0.25, -0.2) is 17.9 Å². The van der Waals surface area contributed by atoms with E-state index in [-0.39, 0.29) is 18.1 Å². The van der Waals surface area contributed by atoms with E-state index in [2.05, 4.69) is 0 Å². The summed E-state index contributed by atoms with van der Waals surface area (Å²) in [6.45, 7) is 0.185. The van der Waals surface area contributed by atoms with Crippen LogP contribution < -0.4 is 9.88 Å². The highest BCUT2D eigenvalue weighted by Gasteiger charge is 2.36. The van der Waals surface area contributed by atoms with E-state index in [1.807, 2.05) is 0 Å². The number of ether oxygens (including phenoxy) is 1. The van der Waals surface area contributed by atoms with Crippen molar-refractivity contribution < 1.29 is 17.5 Å². The van der Waals surface area contributed by atoms with Crippen LogP contribution in [0.15, 0.2) is 24.3 Å². The van der Waals surface area contributed by atoms with E-state index in [1.165, 1.54) is 6.07 Å². The smallest absolute Gasteiger partial charge is 0.209 e. The first-order chi connectivity index (χ1) is 9.40. The molecule has 2 N–H and O–H groups in total. The molecular weight excluding hydrogens is 281 g/mol. The molecule has 1 aromatic rings. The second-order valence-electron chi connectivity index (χ2n) is 5.59. The van der Waals surface area contributed by atoms with Gasteiger partial charge >= 0.3 is 0 Å². The minimum absolute atomic E-state index is 0.103. The van der Waals surface area contributed by atoms with Crippen molar-refractivity contribution in [2.75, 3.05) is 12.4 Å². The van der Waals surface area contributed by atoms with E-state index < -0.39 is 21.3 Å². The lowest BCUT2D eigenvalue weighted by molar-refractivity contribution is 0.115. The molecule has 4 nitrogen and oxygen atoms in total. The van der Waals surface area contributed by atoms with Gasteiger partial charge in [-0.3, -0.25) is 0 Å². The van der Waals surface area contributed by atoms with E-state index in [0.717, 1.165) is 32.1 Å². The third-order valence-electron chi connectivity index (χ3n) is 3.79. The van der Waals surface area contributed by atoms with Crippen molar-refractivity contribution in [2.45, 2.75) is 32.1 Å². The topological polar surface area (TPSA) is 69.4 Å². The minimum Gasteiger partial charge on any atom is -0.490 e. The van der Waals surface area contributed by atoms with Crippen LogP contribution in [0.3, 0.4) is 0 Å². The Morgan fingerprint density at radius 2 is 1.85 bits per heavy atom. The molecule has 20 heavy (non-hydrogen) atoms. The molecule has 0 heterocycles. The SMILES string of the molecule is NS(=O)(=O)CC1(COc2ccccc2F)CCCCC1. The van der Waals surface area contributed by atoms with E-state index in [9.17, 15) is 12.8 Å². The Morgan fingerprint density at radius 1 is 1.20 bits per heavy atom. The van der Waals surface area contributed by atoms with Gasteiger partial charge in [-0.15, -0.1) is 0 Å². The maximum atomic E-state index is 13.5. The Morgan fingerprint density at radius 3 is 2.45 bits per heavy atom. The van der Waals surface area contributed by atoms with Gasteiger partial charge in [-0.1, -0.05) is 31.4 Å². The van der Waals surface area contributed by atoms with Crippen molar-refractivity contribution in [1.29, 1.82) is 0 Å². The molecule has 0 aromatic heterocycles. The van der Waals surface area contributed by atoms with Crippen LogP contribution in [0.1, 0.15) is 32.1 Å². The summed E-state index contributed by atoms with van der Waals surface area (Å²) < 4.78 is 41.9. The number of nitrogens with two attached hydrogens (primary N) is 1. The number of primary sulfonamides is 1. The van der Waals surface area contributed by atoms with Crippen molar-refractivity contribution >= 4 is 10.0 Å². The molecule has 0 saturated heterocycles. The van der Waals surface area contributed by atoms with Gasteiger partial charge in [-0.2, -0.15) is 0 Å². The number of sulfonamides is 1. The van der Waals surface area contributed by atoms with Crippen LogP contribution >= 0.6 is 0 Å². The van der Waals surface area contributed by atoms with Crippen LogP contribution in [0.25, 0.3) is 0 Å². The zero-order valence-corrected chi connectivity index (χ0v) is 12.2. The summed E-state index contributed by atoms with van der Waals surface area (Å²) in [6, 6.07) is 6.14. The first-order valence-corrected chi connectivity index (χ1v) is 8.50. The molecule has 2 rings (SSSR count). The molecule has 1 aromatic carbocycles. The average Bonchev–Trinajstić information content (AvgIpc) is 2.37.